The van der Waals surface area contributed by atoms with Crippen LogP contribution in [-0.4, -0.2) is 33.2 Å². The van der Waals surface area contributed by atoms with E-state index >= 15 is 0 Å². The Morgan fingerprint density at radius 1 is 1.00 bits per heavy atom. The largest absolute Gasteiger partial charge is 0.375 e. The van der Waals surface area contributed by atoms with Crippen molar-refractivity contribution in [2.45, 2.75) is 13.0 Å². The number of hydrogen-bond acceptors (Lipinski definition) is 6. The van der Waals surface area contributed by atoms with Gasteiger partial charge in [0.05, 0.1) is 11.3 Å². The highest BCUT2D eigenvalue weighted by Gasteiger charge is 2.18. The Bertz CT molecular complexity index is 1210. The molecule has 4 aromatic rings. The highest BCUT2D eigenvalue weighted by molar-refractivity contribution is 7.13. The molecule has 8 heteroatoms. The highest BCUT2D eigenvalue weighted by Crippen LogP contribution is 2.24. The number of thiazole rings is 1. The van der Waals surface area contributed by atoms with Gasteiger partial charge in [-0.15, -0.1) is 11.3 Å². The zero-order chi connectivity index (χ0) is 23.0. The van der Waals surface area contributed by atoms with Crippen molar-refractivity contribution in [3.8, 4) is 11.3 Å². The molecule has 0 saturated carbocycles. The van der Waals surface area contributed by atoms with Gasteiger partial charge in [0.15, 0.2) is 5.13 Å². The third kappa shape index (κ3) is 6.02. The fourth-order valence-electron chi connectivity index (χ4n) is 3.33. The number of rotatable bonds is 8. The van der Waals surface area contributed by atoms with E-state index in [4.69, 9.17) is 5.73 Å². The van der Waals surface area contributed by atoms with Gasteiger partial charge in [0.1, 0.15) is 0 Å². The molecule has 0 fully saturated rings. The summed E-state index contributed by atoms with van der Waals surface area (Å²) in [5.41, 5.74) is 9.60. The predicted molar refractivity (Wildman–Crippen MR) is 131 cm³/mol. The maximum Gasteiger partial charge on any atom is 0.255 e. The smallest absolute Gasteiger partial charge is 0.255 e. The molecule has 0 spiro atoms. The van der Waals surface area contributed by atoms with Gasteiger partial charge in [0, 0.05) is 48.5 Å². The average molecular weight is 458 g/mol. The van der Waals surface area contributed by atoms with Gasteiger partial charge in [-0.3, -0.25) is 14.6 Å². The van der Waals surface area contributed by atoms with Crippen LogP contribution in [0.25, 0.3) is 11.3 Å². The topological polar surface area (TPSA) is 101 Å². The Morgan fingerprint density at radius 2 is 1.79 bits per heavy atom. The Morgan fingerprint density at radius 3 is 2.45 bits per heavy atom. The summed E-state index contributed by atoms with van der Waals surface area (Å²) >= 11 is 1.39. The standard InChI is InChI=1S/C25H23N5O2S/c26-25-29-22(17-33-25)19-8-10-21(11-9-19)28-23(31)12-14-30(16-18-5-2-1-3-6-18)24(32)20-7-4-13-27-15-20/h1-11,13,15,17H,12,14,16H2,(H2,26,29)(H,28,31). The lowest BCUT2D eigenvalue weighted by Gasteiger charge is -2.23. The summed E-state index contributed by atoms with van der Waals surface area (Å²) in [6, 6.07) is 20.6. The highest BCUT2D eigenvalue weighted by atomic mass is 32.1. The lowest BCUT2D eigenvalue weighted by atomic mass is 10.1. The molecule has 2 aromatic heterocycles. The normalized spacial score (nSPS) is 10.5. The van der Waals surface area contributed by atoms with Crippen LogP contribution in [0.2, 0.25) is 0 Å². The average Bonchev–Trinajstić information content (AvgIpc) is 3.29. The summed E-state index contributed by atoms with van der Waals surface area (Å²) in [5, 5.41) is 5.30. The predicted octanol–water partition coefficient (Wildman–Crippen LogP) is 4.46. The lowest BCUT2D eigenvalue weighted by Crippen LogP contribution is -2.33. The summed E-state index contributed by atoms with van der Waals surface area (Å²) in [4.78, 5) is 35.6. The van der Waals surface area contributed by atoms with E-state index in [1.165, 1.54) is 17.5 Å². The quantitative estimate of drug-likeness (QED) is 0.407. The second-order valence-corrected chi connectivity index (χ2v) is 8.29. The van der Waals surface area contributed by atoms with Crippen molar-refractivity contribution in [2.24, 2.45) is 0 Å². The van der Waals surface area contributed by atoms with Gasteiger partial charge in [-0.25, -0.2) is 4.98 Å². The van der Waals surface area contributed by atoms with Crippen LogP contribution in [0.4, 0.5) is 10.8 Å². The molecular weight excluding hydrogens is 434 g/mol. The van der Waals surface area contributed by atoms with Crippen LogP contribution in [0.3, 0.4) is 0 Å². The maximum absolute atomic E-state index is 13.0. The van der Waals surface area contributed by atoms with E-state index < -0.39 is 0 Å². The molecule has 4 rings (SSSR count). The van der Waals surface area contributed by atoms with Crippen molar-refractivity contribution in [1.29, 1.82) is 0 Å². The number of benzene rings is 2. The zero-order valence-electron chi connectivity index (χ0n) is 17.8. The molecule has 0 aliphatic rings. The monoisotopic (exact) mass is 457 g/mol. The second kappa shape index (κ2) is 10.5. The van der Waals surface area contributed by atoms with Crippen LogP contribution in [0.5, 0.6) is 0 Å². The van der Waals surface area contributed by atoms with Crippen molar-refractivity contribution in [3.05, 3.63) is 95.6 Å². The molecule has 2 heterocycles. The minimum Gasteiger partial charge on any atom is -0.375 e. The molecule has 33 heavy (non-hydrogen) atoms. The number of nitrogens with zero attached hydrogens (tertiary/aromatic N) is 3. The lowest BCUT2D eigenvalue weighted by molar-refractivity contribution is -0.116. The molecule has 0 atom stereocenters. The fourth-order valence-corrected chi connectivity index (χ4v) is 3.90. The van der Waals surface area contributed by atoms with Crippen molar-refractivity contribution in [1.82, 2.24) is 14.9 Å². The molecule has 3 N–H and O–H groups in total. The molecular formula is C25H23N5O2S. The Hall–Kier alpha value is -4.04. The number of carbonyl (C=O) groups excluding carboxylic acids is 2. The van der Waals surface area contributed by atoms with E-state index in [1.807, 2.05) is 60.0 Å². The van der Waals surface area contributed by atoms with Crippen molar-refractivity contribution < 1.29 is 9.59 Å². The van der Waals surface area contributed by atoms with Gasteiger partial charge in [0.2, 0.25) is 5.91 Å². The van der Waals surface area contributed by atoms with E-state index in [1.54, 1.807) is 23.2 Å². The summed E-state index contributed by atoms with van der Waals surface area (Å²) in [7, 11) is 0. The number of nitrogens with one attached hydrogen (secondary N) is 1. The van der Waals surface area contributed by atoms with Crippen molar-refractivity contribution in [3.63, 3.8) is 0 Å². The van der Waals surface area contributed by atoms with Crippen LogP contribution >= 0.6 is 11.3 Å². The third-order valence-electron chi connectivity index (χ3n) is 5.01. The SMILES string of the molecule is Nc1nc(-c2ccc(NC(=O)CCN(Cc3ccccc3)C(=O)c3cccnc3)cc2)cs1. The first-order valence-electron chi connectivity index (χ1n) is 10.4. The number of aromatic nitrogens is 2. The third-order valence-corrected chi connectivity index (χ3v) is 5.68. The number of amides is 2. The number of carbonyl (C=O) groups is 2. The Kier molecular flexibility index (Phi) is 7.06. The summed E-state index contributed by atoms with van der Waals surface area (Å²) in [6.07, 6.45) is 3.33. The van der Waals surface area contributed by atoms with E-state index in [2.05, 4.69) is 15.3 Å². The second-order valence-electron chi connectivity index (χ2n) is 7.40. The number of hydrogen-bond donors (Lipinski definition) is 2. The van der Waals surface area contributed by atoms with Crippen LogP contribution in [0.1, 0.15) is 22.3 Å². The van der Waals surface area contributed by atoms with Gasteiger partial charge in [-0.1, -0.05) is 42.5 Å². The molecule has 0 aliphatic heterocycles. The summed E-state index contributed by atoms with van der Waals surface area (Å²) in [5.74, 6) is -0.329. The molecule has 0 aliphatic carbocycles. The number of nitrogen functional groups attached to an aromatic ring is 1. The molecule has 0 bridgehead atoms. The van der Waals surface area contributed by atoms with Gasteiger partial charge in [-0.2, -0.15) is 0 Å². The van der Waals surface area contributed by atoms with E-state index in [0.29, 0.717) is 22.9 Å². The molecule has 0 unspecified atom stereocenters. The Balaban J connectivity index is 1.39. The van der Waals surface area contributed by atoms with Gasteiger partial charge < -0.3 is 16.0 Å². The molecule has 2 aromatic carbocycles. The van der Waals surface area contributed by atoms with Crippen LogP contribution in [0, 0.1) is 0 Å². The maximum atomic E-state index is 13.0. The van der Waals surface area contributed by atoms with Gasteiger partial charge >= 0.3 is 0 Å². The first kappa shape index (κ1) is 22.2. The van der Waals surface area contributed by atoms with Gasteiger partial charge in [0.25, 0.3) is 5.91 Å². The Labute approximate surface area is 195 Å². The molecule has 0 saturated heterocycles. The zero-order valence-corrected chi connectivity index (χ0v) is 18.7. The first-order chi connectivity index (χ1) is 16.1. The van der Waals surface area contributed by atoms with E-state index in [9.17, 15) is 9.59 Å². The summed E-state index contributed by atoms with van der Waals surface area (Å²) in [6.45, 7) is 0.692. The van der Waals surface area contributed by atoms with E-state index in [-0.39, 0.29) is 24.8 Å². The van der Waals surface area contributed by atoms with Crippen LogP contribution in [0.15, 0.2) is 84.5 Å². The van der Waals surface area contributed by atoms with E-state index in [0.717, 1.165) is 16.8 Å². The summed E-state index contributed by atoms with van der Waals surface area (Å²) < 4.78 is 0. The molecule has 166 valence electrons. The van der Waals surface area contributed by atoms with Gasteiger partial charge in [-0.05, 0) is 29.8 Å². The number of pyridine rings is 1. The number of anilines is 2. The minimum atomic E-state index is -0.169. The van der Waals surface area contributed by atoms with Crippen molar-refractivity contribution in [2.75, 3.05) is 17.6 Å². The first-order valence-corrected chi connectivity index (χ1v) is 11.3. The minimum absolute atomic E-state index is 0.161. The van der Waals surface area contributed by atoms with Crippen molar-refractivity contribution >= 4 is 34.0 Å². The van der Waals surface area contributed by atoms with Crippen LogP contribution < -0.4 is 11.1 Å². The van der Waals surface area contributed by atoms with Crippen LogP contribution in [-0.2, 0) is 11.3 Å². The molecule has 7 nitrogen and oxygen atoms in total. The molecule has 0 radical (unpaired) electrons. The fraction of sp³-hybridized carbons (Fsp3) is 0.120. The molecule has 2 amide bonds. The number of nitrogens with two attached hydrogens (primary N) is 1.